The second kappa shape index (κ2) is 3.54. The third-order valence-corrected chi connectivity index (χ3v) is 3.06. The zero-order valence-corrected chi connectivity index (χ0v) is 9.20. The fraction of sp³-hybridized carbons (Fsp3) is 0.500. The maximum Gasteiger partial charge on any atom is 0.146 e. The summed E-state index contributed by atoms with van der Waals surface area (Å²) >= 11 is 0. The van der Waals surface area contributed by atoms with Crippen molar-refractivity contribution in [2.24, 2.45) is 0 Å². The number of hydrogen-bond acceptors (Lipinski definition) is 3. The Morgan fingerprint density at radius 2 is 2.33 bits per heavy atom. The van der Waals surface area contributed by atoms with E-state index >= 15 is 0 Å². The Hall–Kier alpha value is -1.56. The van der Waals surface area contributed by atoms with Crippen LogP contribution in [-0.2, 0) is 0 Å². The molecule has 1 aliphatic heterocycles. The van der Waals surface area contributed by atoms with Crippen molar-refractivity contribution in [1.29, 1.82) is 5.26 Å². The van der Waals surface area contributed by atoms with Crippen LogP contribution in [0, 0.1) is 11.3 Å². The molecule has 2 heterocycles. The first-order chi connectivity index (χ1) is 7.15. The standard InChI is InChI=1S/C12H15N3/c1-12(2)6-4-8-15(12)11-10(9-13)5-3-7-14-11/h3,5,7H,4,6,8H2,1-2H3. The molecular formula is C12H15N3. The van der Waals surface area contributed by atoms with Crippen molar-refractivity contribution in [3.8, 4) is 6.07 Å². The van der Waals surface area contributed by atoms with Crippen LogP contribution < -0.4 is 4.90 Å². The van der Waals surface area contributed by atoms with Crippen LogP contribution >= 0.6 is 0 Å². The molecule has 0 N–H and O–H groups in total. The van der Waals surface area contributed by atoms with E-state index in [9.17, 15) is 0 Å². The third kappa shape index (κ3) is 1.68. The first kappa shape index (κ1) is 9.97. The Bertz CT molecular complexity index is 404. The average Bonchev–Trinajstić information content (AvgIpc) is 2.58. The van der Waals surface area contributed by atoms with Gasteiger partial charge in [-0.05, 0) is 38.8 Å². The van der Waals surface area contributed by atoms with E-state index in [4.69, 9.17) is 5.26 Å². The van der Waals surface area contributed by atoms with Gasteiger partial charge in [-0.3, -0.25) is 0 Å². The fourth-order valence-electron chi connectivity index (χ4n) is 2.20. The topological polar surface area (TPSA) is 39.9 Å². The van der Waals surface area contributed by atoms with Crippen molar-refractivity contribution < 1.29 is 0 Å². The monoisotopic (exact) mass is 201 g/mol. The normalized spacial score (nSPS) is 18.9. The lowest BCUT2D eigenvalue weighted by Gasteiger charge is -2.33. The van der Waals surface area contributed by atoms with Gasteiger partial charge in [0.15, 0.2) is 0 Å². The number of nitriles is 1. The second-order valence-electron chi connectivity index (χ2n) is 4.55. The molecular weight excluding hydrogens is 186 g/mol. The molecule has 0 radical (unpaired) electrons. The lowest BCUT2D eigenvalue weighted by atomic mass is 10.0. The van der Waals surface area contributed by atoms with Crippen LogP contribution in [0.2, 0.25) is 0 Å². The van der Waals surface area contributed by atoms with Crippen LogP contribution in [0.4, 0.5) is 5.82 Å². The summed E-state index contributed by atoms with van der Waals surface area (Å²) in [5.41, 5.74) is 0.799. The van der Waals surface area contributed by atoms with E-state index in [0.717, 1.165) is 18.8 Å². The highest BCUT2D eigenvalue weighted by Gasteiger charge is 2.33. The van der Waals surface area contributed by atoms with Gasteiger partial charge in [0.1, 0.15) is 11.9 Å². The number of rotatable bonds is 1. The summed E-state index contributed by atoms with van der Waals surface area (Å²) in [5, 5.41) is 9.03. The first-order valence-corrected chi connectivity index (χ1v) is 5.28. The molecule has 0 saturated carbocycles. The third-order valence-electron chi connectivity index (χ3n) is 3.06. The molecule has 0 bridgehead atoms. The van der Waals surface area contributed by atoms with Crippen LogP contribution in [0.25, 0.3) is 0 Å². The Morgan fingerprint density at radius 1 is 1.53 bits per heavy atom. The number of nitrogens with zero attached hydrogens (tertiary/aromatic N) is 3. The summed E-state index contributed by atoms with van der Waals surface area (Å²) < 4.78 is 0. The number of hydrogen-bond donors (Lipinski definition) is 0. The molecule has 15 heavy (non-hydrogen) atoms. The minimum absolute atomic E-state index is 0.125. The van der Waals surface area contributed by atoms with Gasteiger partial charge >= 0.3 is 0 Å². The molecule has 0 amide bonds. The van der Waals surface area contributed by atoms with E-state index in [1.165, 1.54) is 6.42 Å². The SMILES string of the molecule is CC1(C)CCCN1c1ncccc1C#N. The molecule has 3 nitrogen and oxygen atoms in total. The van der Waals surface area contributed by atoms with E-state index in [-0.39, 0.29) is 5.54 Å². The van der Waals surface area contributed by atoms with Gasteiger partial charge < -0.3 is 4.90 Å². The molecule has 1 saturated heterocycles. The highest BCUT2D eigenvalue weighted by atomic mass is 15.3. The van der Waals surface area contributed by atoms with Crippen molar-refractivity contribution >= 4 is 5.82 Å². The van der Waals surface area contributed by atoms with Crippen LogP contribution in [0.15, 0.2) is 18.3 Å². The summed E-state index contributed by atoms with van der Waals surface area (Å²) in [7, 11) is 0. The van der Waals surface area contributed by atoms with Gasteiger partial charge in [0.25, 0.3) is 0 Å². The van der Waals surface area contributed by atoms with Gasteiger partial charge in [0, 0.05) is 18.3 Å². The molecule has 78 valence electrons. The van der Waals surface area contributed by atoms with E-state index in [1.807, 2.05) is 12.1 Å². The fourth-order valence-corrected chi connectivity index (χ4v) is 2.20. The molecule has 1 aromatic heterocycles. The molecule has 0 unspecified atom stereocenters. The van der Waals surface area contributed by atoms with Gasteiger partial charge in [0.2, 0.25) is 0 Å². The van der Waals surface area contributed by atoms with E-state index < -0.39 is 0 Å². The van der Waals surface area contributed by atoms with Crippen molar-refractivity contribution in [3.05, 3.63) is 23.9 Å². The molecule has 0 atom stereocenters. The van der Waals surface area contributed by atoms with Crippen molar-refractivity contribution in [1.82, 2.24) is 4.98 Å². The number of anilines is 1. The largest absolute Gasteiger partial charge is 0.350 e. The van der Waals surface area contributed by atoms with Gasteiger partial charge in [-0.25, -0.2) is 4.98 Å². The molecule has 0 spiro atoms. The lowest BCUT2D eigenvalue weighted by Crippen LogP contribution is -2.39. The highest BCUT2D eigenvalue weighted by Crippen LogP contribution is 2.33. The minimum Gasteiger partial charge on any atom is -0.350 e. The van der Waals surface area contributed by atoms with Crippen LogP contribution in [-0.4, -0.2) is 17.1 Å². The lowest BCUT2D eigenvalue weighted by molar-refractivity contribution is 0.514. The summed E-state index contributed by atoms with van der Waals surface area (Å²) in [6.45, 7) is 5.41. The smallest absolute Gasteiger partial charge is 0.146 e. The van der Waals surface area contributed by atoms with Crippen molar-refractivity contribution in [2.75, 3.05) is 11.4 Å². The maximum absolute atomic E-state index is 9.03. The summed E-state index contributed by atoms with van der Waals surface area (Å²) in [5.74, 6) is 0.836. The molecule has 0 aliphatic carbocycles. The van der Waals surface area contributed by atoms with E-state index in [1.54, 1.807) is 6.20 Å². The predicted octanol–water partition coefficient (Wildman–Crippen LogP) is 2.33. The van der Waals surface area contributed by atoms with Gasteiger partial charge in [-0.2, -0.15) is 5.26 Å². The summed E-state index contributed by atoms with van der Waals surface area (Å²) in [6, 6.07) is 5.85. The Labute approximate surface area is 90.4 Å². The summed E-state index contributed by atoms with van der Waals surface area (Å²) in [6.07, 6.45) is 4.09. The molecule has 1 fully saturated rings. The molecule has 1 aromatic rings. The molecule has 0 aromatic carbocycles. The van der Waals surface area contributed by atoms with Crippen molar-refractivity contribution in [2.45, 2.75) is 32.2 Å². The van der Waals surface area contributed by atoms with Gasteiger partial charge in [-0.1, -0.05) is 0 Å². The highest BCUT2D eigenvalue weighted by molar-refractivity contribution is 5.55. The predicted molar refractivity (Wildman–Crippen MR) is 59.6 cm³/mol. The zero-order valence-electron chi connectivity index (χ0n) is 9.20. The Morgan fingerprint density at radius 3 is 2.93 bits per heavy atom. The first-order valence-electron chi connectivity index (χ1n) is 5.28. The van der Waals surface area contributed by atoms with Crippen LogP contribution in [0.3, 0.4) is 0 Å². The number of pyridine rings is 1. The van der Waals surface area contributed by atoms with Gasteiger partial charge in [-0.15, -0.1) is 0 Å². The van der Waals surface area contributed by atoms with Crippen molar-refractivity contribution in [3.63, 3.8) is 0 Å². The van der Waals surface area contributed by atoms with Crippen LogP contribution in [0.1, 0.15) is 32.3 Å². The van der Waals surface area contributed by atoms with Gasteiger partial charge in [0.05, 0.1) is 5.56 Å². The minimum atomic E-state index is 0.125. The quantitative estimate of drug-likeness (QED) is 0.700. The Balaban J connectivity index is 2.42. The summed E-state index contributed by atoms with van der Waals surface area (Å²) in [4.78, 5) is 6.57. The Kier molecular flexibility index (Phi) is 2.36. The maximum atomic E-state index is 9.03. The van der Waals surface area contributed by atoms with E-state index in [0.29, 0.717) is 5.56 Å². The van der Waals surface area contributed by atoms with Crippen LogP contribution in [0.5, 0.6) is 0 Å². The molecule has 3 heteroatoms. The second-order valence-corrected chi connectivity index (χ2v) is 4.55. The average molecular weight is 201 g/mol. The number of aromatic nitrogens is 1. The zero-order chi connectivity index (χ0) is 10.9. The molecule has 1 aliphatic rings. The molecule has 2 rings (SSSR count). The van der Waals surface area contributed by atoms with E-state index in [2.05, 4.69) is 29.8 Å².